The van der Waals surface area contributed by atoms with E-state index >= 15 is 0 Å². The van der Waals surface area contributed by atoms with Crippen LogP contribution in [0, 0.1) is 0 Å². The summed E-state index contributed by atoms with van der Waals surface area (Å²) in [5.74, 6) is 0.00664. The maximum Gasteiger partial charge on any atom is 0.331 e. The third-order valence-electron chi connectivity index (χ3n) is 4.74. The summed E-state index contributed by atoms with van der Waals surface area (Å²) >= 11 is 0. The van der Waals surface area contributed by atoms with Crippen LogP contribution < -0.4 is 4.74 Å². The SMILES string of the molecule is C=CCOc1ccc(/C=C/C(=O)O[C@@H](C)C(=O)N2CCc3ccccc3C2)cc1. The van der Waals surface area contributed by atoms with Gasteiger partial charge in [-0.15, -0.1) is 0 Å². The van der Waals surface area contributed by atoms with Crippen molar-refractivity contribution in [2.75, 3.05) is 13.2 Å². The summed E-state index contributed by atoms with van der Waals surface area (Å²) in [4.78, 5) is 26.5. The van der Waals surface area contributed by atoms with E-state index < -0.39 is 12.1 Å². The minimum Gasteiger partial charge on any atom is -0.490 e. The molecule has 1 atom stereocenters. The molecule has 0 unspecified atom stereocenters. The smallest absolute Gasteiger partial charge is 0.331 e. The molecular formula is C24H25NO4. The number of carbonyl (C=O) groups is 2. The van der Waals surface area contributed by atoms with Gasteiger partial charge in [0.2, 0.25) is 0 Å². The molecular weight excluding hydrogens is 366 g/mol. The summed E-state index contributed by atoms with van der Waals surface area (Å²) in [5.41, 5.74) is 3.25. The molecule has 5 nitrogen and oxygen atoms in total. The van der Waals surface area contributed by atoms with Crippen LogP contribution in [-0.2, 0) is 27.3 Å². The fourth-order valence-corrected chi connectivity index (χ4v) is 3.20. The minimum absolute atomic E-state index is 0.176. The largest absolute Gasteiger partial charge is 0.490 e. The zero-order valence-corrected chi connectivity index (χ0v) is 16.5. The highest BCUT2D eigenvalue weighted by atomic mass is 16.5. The van der Waals surface area contributed by atoms with Crippen LogP contribution >= 0.6 is 0 Å². The molecule has 0 spiro atoms. The van der Waals surface area contributed by atoms with Gasteiger partial charge in [-0.05, 0) is 48.2 Å². The van der Waals surface area contributed by atoms with E-state index in [9.17, 15) is 9.59 Å². The Hall–Kier alpha value is -3.34. The van der Waals surface area contributed by atoms with Crippen molar-refractivity contribution in [1.29, 1.82) is 0 Å². The van der Waals surface area contributed by atoms with E-state index in [1.54, 1.807) is 24.0 Å². The van der Waals surface area contributed by atoms with Crippen LogP contribution in [0.25, 0.3) is 6.08 Å². The number of hydrogen-bond acceptors (Lipinski definition) is 4. The number of rotatable bonds is 7. The lowest BCUT2D eigenvalue weighted by atomic mass is 9.99. The van der Waals surface area contributed by atoms with Gasteiger partial charge in [0.05, 0.1) is 0 Å². The van der Waals surface area contributed by atoms with Gasteiger partial charge in [-0.1, -0.05) is 49.1 Å². The van der Waals surface area contributed by atoms with Crippen LogP contribution in [-0.4, -0.2) is 36.0 Å². The number of amides is 1. The van der Waals surface area contributed by atoms with Crippen LogP contribution in [0.4, 0.5) is 0 Å². The summed E-state index contributed by atoms with van der Waals surface area (Å²) in [5, 5.41) is 0. The highest BCUT2D eigenvalue weighted by Crippen LogP contribution is 2.19. The molecule has 29 heavy (non-hydrogen) atoms. The zero-order chi connectivity index (χ0) is 20.6. The molecule has 2 aromatic rings. The van der Waals surface area contributed by atoms with E-state index in [4.69, 9.17) is 9.47 Å². The monoisotopic (exact) mass is 391 g/mol. The normalized spacial score (nSPS) is 14.2. The molecule has 1 aliphatic rings. The number of esters is 1. The van der Waals surface area contributed by atoms with E-state index in [1.807, 2.05) is 42.5 Å². The third kappa shape index (κ3) is 5.57. The van der Waals surface area contributed by atoms with E-state index in [2.05, 4.69) is 12.6 Å². The van der Waals surface area contributed by atoms with Gasteiger partial charge in [0.1, 0.15) is 12.4 Å². The lowest BCUT2D eigenvalue weighted by Gasteiger charge is -2.30. The number of carbonyl (C=O) groups excluding carboxylic acids is 2. The molecule has 1 aliphatic heterocycles. The van der Waals surface area contributed by atoms with Gasteiger partial charge in [0.25, 0.3) is 5.91 Å². The number of nitrogens with zero attached hydrogens (tertiary/aromatic N) is 1. The summed E-state index contributed by atoms with van der Waals surface area (Å²) in [6, 6.07) is 15.4. The van der Waals surface area contributed by atoms with Crippen LogP contribution in [0.2, 0.25) is 0 Å². The van der Waals surface area contributed by atoms with Gasteiger partial charge in [0, 0.05) is 19.2 Å². The molecule has 0 bridgehead atoms. The molecule has 0 fully saturated rings. The third-order valence-corrected chi connectivity index (χ3v) is 4.74. The molecule has 3 rings (SSSR count). The lowest BCUT2D eigenvalue weighted by Crippen LogP contribution is -2.42. The average molecular weight is 391 g/mol. The molecule has 0 saturated heterocycles. The topological polar surface area (TPSA) is 55.8 Å². The summed E-state index contributed by atoms with van der Waals surface area (Å²) in [6.07, 6.45) is 4.64. The summed E-state index contributed by atoms with van der Waals surface area (Å²) < 4.78 is 10.7. The van der Waals surface area contributed by atoms with Crippen molar-refractivity contribution >= 4 is 18.0 Å². The molecule has 5 heteroatoms. The Morgan fingerprint density at radius 3 is 2.59 bits per heavy atom. The quantitative estimate of drug-likeness (QED) is 0.409. The second kappa shape index (κ2) is 9.73. The van der Waals surface area contributed by atoms with Crippen LogP contribution in [0.1, 0.15) is 23.6 Å². The van der Waals surface area contributed by atoms with Crippen molar-refractivity contribution in [2.45, 2.75) is 26.0 Å². The van der Waals surface area contributed by atoms with E-state index in [0.29, 0.717) is 19.7 Å². The van der Waals surface area contributed by atoms with Gasteiger partial charge in [-0.25, -0.2) is 4.79 Å². The highest BCUT2D eigenvalue weighted by Gasteiger charge is 2.26. The van der Waals surface area contributed by atoms with Crippen molar-refractivity contribution in [3.63, 3.8) is 0 Å². The molecule has 0 aromatic heterocycles. The van der Waals surface area contributed by atoms with Crippen LogP contribution in [0.5, 0.6) is 5.75 Å². The van der Waals surface area contributed by atoms with Crippen molar-refractivity contribution in [2.24, 2.45) is 0 Å². The Labute approximate surface area is 171 Å². The standard InChI is InChI=1S/C24H25NO4/c1-3-16-28-22-11-8-19(9-12-22)10-13-23(26)29-18(2)24(27)25-15-14-20-6-4-5-7-21(20)17-25/h3-13,18H,1,14-17H2,2H3/b13-10+/t18-/m0/s1. The van der Waals surface area contributed by atoms with Crippen molar-refractivity contribution in [1.82, 2.24) is 4.90 Å². The van der Waals surface area contributed by atoms with Gasteiger partial charge < -0.3 is 14.4 Å². The fourth-order valence-electron chi connectivity index (χ4n) is 3.20. The summed E-state index contributed by atoms with van der Waals surface area (Å²) in [7, 11) is 0. The number of ether oxygens (including phenoxy) is 2. The van der Waals surface area contributed by atoms with E-state index in [-0.39, 0.29) is 5.91 Å². The molecule has 2 aromatic carbocycles. The number of hydrogen-bond donors (Lipinski definition) is 0. The molecule has 1 amide bonds. The molecule has 0 radical (unpaired) electrons. The summed E-state index contributed by atoms with van der Waals surface area (Å²) in [6.45, 7) is 6.84. The van der Waals surface area contributed by atoms with Crippen molar-refractivity contribution in [3.8, 4) is 5.75 Å². The van der Waals surface area contributed by atoms with Gasteiger partial charge >= 0.3 is 5.97 Å². The van der Waals surface area contributed by atoms with Crippen LogP contribution in [0.3, 0.4) is 0 Å². The average Bonchev–Trinajstić information content (AvgIpc) is 2.76. The predicted octanol–water partition coefficient (Wildman–Crippen LogP) is 3.78. The van der Waals surface area contributed by atoms with E-state index in [0.717, 1.165) is 23.3 Å². The first-order valence-corrected chi connectivity index (χ1v) is 9.65. The van der Waals surface area contributed by atoms with Gasteiger partial charge in [-0.3, -0.25) is 4.79 Å². The maximum absolute atomic E-state index is 12.6. The second-order valence-electron chi connectivity index (χ2n) is 6.86. The molecule has 150 valence electrons. The Bertz CT molecular complexity index is 901. The van der Waals surface area contributed by atoms with Gasteiger partial charge in [0.15, 0.2) is 6.10 Å². The lowest BCUT2D eigenvalue weighted by molar-refractivity contribution is -0.155. The highest BCUT2D eigenvalue weighted by molar-refractivity contribution is 5.90. The minimum atomic E-state index is -0.827. The van der Waals surface area contributed by atoms with Crippen molar-refractivity contribution in [3.05, 3.63) is 84.0 Å². The Balaban J connectivity index is 1.51. The molecule has 0 saturated carbocycles. The maximum atomic E-state index is 12.6. The zero-order valence-electron chi connectivity index (χ0n) is 16.5. The predicted molar refractivity (Wildman–Crippen MR) is 112 cm³/mol. The number of benzene rings is 2. The first kappa shape index (κ1) is 20.4. The fraction of sp³-hybridized carbons (Fsp3) is 0.250. The Morgan fingerprint density at radius 2 is 1.86 bits per heavy atom. The molecule has 0 aliphatic carbocycles. The first-order valence-electron chi connectivity index (χ1n) is 9.65. The second-order valence-corrected chi connectivity index (χ2v) is 6.86. The Kier molecular flexibility index (Phi) is 6.85. The Morgan fingerprint density at radius 1 is 1.14 bits per heavy atom. The van der Waals surface area contributed by atoms with Gasteiger partial charge in [-0.2, -0.15) is 0 Å². The van der Waals surface area contributed by atoms with Crippen molar-refractivity contribution < 1.29 is 19.1 Å². The first-order chi connectivity index (χ1) is 14.1. The van der Waals surface area contributed by atoms with Crippen LogP contribution in [0.15, 0.2) is 67.3 Å². The van der Waals surface area contributed by atoms with E-state index in [1.165, 1.54) is 11.6 Å². The molecule has 0 N–H and O–H groups in total. The number of fused-ring (bicyclic) bond motifs is 1. The molecule has 1 heterocycles.